The van der Waals surface area contributed by atoms with Gasteiger partial charge in [-0.25, -0.2) is 14.5 Å². The number of carbonyl (C=O) groups is 3. The summed E-state index contributed by atoms with van der Waals surface area (Å²) >= 11 is 7.34. The summed E-state index contributed by atoms with van der Waals surface area (Å²) in [6, 6.07) is -0.754. The lowest BCUT2D eigenvalue weighted by molar-refractivity contribution is -0.150. The monoisotopic (exact) mass is 531 g/mol. The molecule has 2 aromatic rings. The van der Waals surface area contributed by atoms with Gasteiger partial charge in [-0.3, -0.25) is 14.5 Å². The van der Waals surface area contributed by atoms with Crippen LogP contribution in [0.15, 0.2) is 25.7 Å². The second-order valence-electron chi connectivity index (χ2n) is 6.35. The number of carbonyl (C=O) groups excluding carboxylic acids is 2. The number of tetrazole rings is 1. The number of hydrogen-bond donors (Lipinski definition) is 2. The van der Waals surface area contributed by atoms with Gasteiger partial charge in [0.25, 0.3) is 5.91 Å². The number of thiazole rings is 1. The molecule has 2 aliphatic rings. The van der Waals surface area contributed by atoms with Gasteiger partial charge in [0.15, 0.2) is 3.92 Å². The van der Waals surface area contributed by atoms with Crippen molar-refractivity contribution in [3.05, 3.63) is 26.3 Å². The molecular weight excluding hydrogens is 518 g/mol. The number of rotatable bonds is 7. The lowest BCUT2D eigenvalue weighted by Crippen LogP contribution is -2.70. The van der Waals surface area contributed by atoms with Gasteiger partial charge >= 0.3 is 5.97 Å². The number of aliphatic carboxylic acids is 1. The SMILES string of the molecule is Cn1nnnc1SCC1=C(C(=O)O)N2C(=O)C(NC(=O)Cc3csc(Br)n3)[C@H]2SC1. The van der Waals surface area contributed by atoms with E-state index in [9.17, 15) is 19.5 Å². The molecule has 0 saturated carbocycles. The number of nitrogens with one attached hydrogen (secondary N) is 1. The molecule has 1 fully saturated rings. The molecule has 0 aromatic carbocycles. The van der Waals surface area contributed by atoms with E-state index < -0.39 is 23.3 Å². The Bertz CT molecular complexity index is 1050. The first-order valence-electron chi connectivity index (χ1n) is 8.49. The highest BCUT2D eigenvalue weighted by Gasteiger charge is 2.54. The highest BCUT2D eigenvalue weighted by Crippen LogP contribution is 2.41. The average Bonchev–Trinajstić information content (AvgIpc) is 3.31. The third-order valence-corrected chi connectivity index (χ3v) is 8.24. The molecule has 2 aromatic heterocycles. The Hall–Kier alpha value is -1.97. The van der Waals surface area contributed by atoms with E-state index in [1.165, 1.54) is 44.4 Å². The van der Waals surface area contributed by atoms with Gasteiger partial charge in [0.1, 0.15) is 17.1 Å². The Morgan fingerprint density at radius 3 is 2.90 bits per heavy atom. The summed E-state index contributed by atoms with van der Waals surface area (Å²) in [5.74, 6) is -1.16. The van der Waals surface area contributed by atoms with Gasteiger partial charge in [0, 0.05) is 23.9 Å². The summed E-state index contributed by atoms with van der Waals surface area (Å²) in [4.78, 5) is 42.3. The smallest absolute Gasteiger partial charge is 0.352 e. The molecule has 2 N–H and O–H groups in total. The number of carboxylic acids is 1. The van der Waals surface area contributed by atoms with Crippen molar-refractivity contribution < 1.29 is 19.5 Å². The van der Waals surface area contributed by atoms with Crippen molar-refractivity contribution in [3.8, 4) is 0 Å². The summed E-state index contributed by atoms with van der Waals surface area (Å²) in [5.41, 5.74) is 1.19. The summed E-state index contributed by atoms with van der Waals surface area (Å²) in [6.45, 7) is 0. The highest BCUT2D eigenvalue weighted by atomic mass is 79.9. The highest BCUT2D eigenvalue weighted by molar-refractivity contribution is 9.11. The number of β-lactam (4-membered cyclic amide) rings is 1. The number of halogens is 1. The standard InChI is InChI=1S/C15H14BrN7O4S3/c1-22-15(19-20-21-22)30-4-6-3-28-12-9(11(25)23(12)10(6)13(26)27)18-8(24)2-7-5-29-14(16)17-7/h5,9,12H,2-4H2,1H3,(H,18,24)(H,26,27)/t9?,12-/m1/s1. The van der Waals surface area contributed by atoms with Crippen LogP contribution in [-0.2, 0) is 27.9 Å². The van der Waals surface area contributed by atoms with E-state index in [1.54, 1.807) is 12.4 Å². The molecule has 0 aliphatic carbocycles. The fourth-order valence-electron chi connectivity index (χ4n) is 3.04. The maximum Gasteiger partial charge on any atom is 0.352 e. The van der Waals surface area contributed by atoms with Crippen LogP contribution in [0.25, 0.3) is 0 Å². The molecule has 4 heterocycles. The Kier molecular flexibility index (Phi) is 6.13. The summed E-state index contributed by atoms with van der Waals surface area (Å²) < 4.78 is 2.17. The van der Waals surface area contributed by atoms with Crippen LogP contribution in [0.2, 0.25) is 0 Å². The molecule has 30 heavy (non-hydrogen) atoms. The van der Waals surface area contributed by atoms with Crippen molar-refractivity contribution in [1.29, 1.82) is 0 Å². The Labute approximate surface area is 190 Å². The molecule has 0 spiro atoms. The summed E-state index contributed by atoms with van der Waals surface area (Å²) in [7, 11) is 1.69. The van der Waals surface area contributed by atoms with E-state index in [-0.39, 0.29) is 18.0 Å². The van der Waals surface area contributed by atoms with Gasteiger partial charge in [0.05, 0.1) is 12.1 Å². The number of hydrogen-bond acceptors (Lipinski definition) is 10. The van der Waals surface area contributed by atoms with Crippen LogP contribution in [0.3, 0.4) is 0 Å². The van der Waals surface area contributed by atoms with E-state index in [0.717, 1.165) is 0 Å². The number of amides is 2. The normalized spacial score (nSPS) is 20.7. The molecular formula is C15H14BrN7O4S3. The molecule has 2 amide bonds. The van der Waals surface area contributed by atoms with Crippen molar-refractivity contribution in [2.24, 2.45) is 7.05 Å². The van der Waals surface area contributed by atoms with Crippen LogP contribution < -0.4 is 5.32 Å². The van der Waals surface area contributed by atoms with Crippen molar-refractivity contribution in [2.75, 3.05) is 11.5 Å². The van der Waals surface area contributed by atoms with Gasteiger partial charge in [0.2, 0.25) is 11.1 Å². The predicted octanol–water partition coefficient (Wildman–Crippen LogP) is 0.502. The van der Waals surface area contributed by atoms with Crippen LogP contribution >= 0.6 is 50.8 Å². The van der Waals surface area contributed by atoms with Gasteiger partial charge in [-0.15, -0.1) is 28.2 Å². The summed E-state index contributed by atoms with van der Waals surface area (Å²) in [5, 5.41) is 25.4. The number of fused-ring (bicyclic) bond motifs is 1. The molecule has 15 heteroatoms. The van der Waals surface area contributed by atoms with Gasteiger partial charge < -0.3 is 10.4 Å². The predicted molar refractivity (Wildman–Crippen MR) is 113 cm³/mol. The quantitative estimate of drug-likeness (QED) is 0.382. The molecule has 1 saturated heterocycles. The number of nitrogens with zero attached hydrogens (tertiary/aromatic N) is 6. The molecule has 1 unspecified atom stereocenters. The molecule has 0 radical (unpaired) electrons. The van der Waals surface area contributed by atoms with Crippen molar-refractivity contribution >= 4 is 68.6 Å². The first kappa shape index (κ1) is 21.3. The van der Waals surface area contributed by atoms with Gasteiger partial charge in [-0.2, -0.15) is 0 Å². The lowest BCUT2D eigenvalue weighted by atomic mass is 10.0. The Morgan fingerprint density at radius 2 is 2.27 bits per heavy atom. The lowest BCUT2D eigenvalue weighted by Gasteiger charge is -2.49. The molecule has 2 atom stereocenters. The average molecular weight is 532 g/mol. The molecule has 0 bridgehead atoms. The van der Waals surface area contributed by atoms with E-state index in [1.807, 2.05) is 0 Å². The minimum Gasteiger partial charge on any atom is -0.477 e. The van der Waals surface area contributed by atoms with Crippen LogP contribution in [-0.4, -0.2) is 75.9 Å². The number of thioether (sulfide) groups is 2. The fourth-order valence-corrected chi connectivity index (χ4v) is 6.42. The zero-order valence-electron chi connectivity index (χ0n) is 15.3. The molecule has 158 valence electrons. The minimum atomic E-state index is -1.17. The maximum atomic E-state index is 12.7. The Balaban J connectivity index is 1.44. The van der Waals surface area contributed by atoms with E-state index in [2.05, 4.69) is 41.8 Å². The third kappa shape index (κ3) is 4.10. The Morgan fingerprint density at radius 1 is 1.47 bits per heavy atom. The van der Waals surface area contributed by atoms with E-state index in [0.29, 0.717) is 31.8 Å². The molecule has 4 rings (SSSR count). The second-order valence-corrected chi connectivity index (χ2v) is 10.5. The zero-order valence-corrected chi connectivity index (χ0v) is 19.3. The van der Waals surface area contributed by atoms with Crippen molar-refractivity contribution in [2.45, 2.75) is 23.0 Å². The molecule has 11 nitrogen and oxygen atoms in total. The summed E-state index contributed by atoms with van der Waals surface area (Å²) in [6.07, 6.45) is 0.0541. The van der Waals surface area contributed by atoms with E-state index in [4.69, 9.17) is 0 Å². The van der Waals surface area contributed by atoms with Crippen molar-refractivity contribution in [1.82, 2.24) is 35.4 Å². The van der Waals surface area contributed by atoms with E-state index >= 15 is 0 Å². The van der Waals surface area contributed by atoms with Crippen LogP contribution in [0.1, 0.15) is 5.69 Å². The number of aromatic nitrogens is 5. The van der Waals surface area contributed by atoms with Crippen LogP contribution in [0.4, 0.5) is 0 Å². The second kappa shape index (κ2) is 8.64. The maximum absolute atomic E-state index is 12.7. The third-order valence-electron chi connectivity index (χ3n) is 4.39. The van der Waals surface area contributed by atoms with Crippen LogP contribution in [0, 0.1) is 0 Å². The van der Waals surface area contributed by atoms with Gasteiger partial charge in [-0.1, -0.05) is 11.8 Å². The van der Waals surface area contributed by atoms with Gasteiger partial charge in [-0.05, 0) is 31.9 Å². The van der Waals surface area contributed by atoms with Crippen molar-refractivity contribution in [3.63, 3.8) is 0 Å². The van der Waals surface area contributed by atoms with Crippen LogP contribution in [0.5, 0.6) is 0 Å². The first-order chi connectivity index (χ1) is 14.3. The molecule has 2 aliphatic heterocycles. The number of aryl methyl sites for hydroxylation is 1. The zero-order chi connectivity index (χ0) is 21.4. The fraction of sp³-hybridized carbons (Fsp3) is 0.400. The number of carboxylic acid groups (broad SMARTS) is 1. The largest absolute Gasteiger partial charge is 0.477 e. The minimum absolute atomic E-state index is 0.0275. The first-order valence-corrected chi connectivity index (χ1v) is 12.2. The topological polar surface area (TPSA) is 143 Å².